The van der Waals surface area contributed by atoms with E-state index in [1.54, 1.807) is 0 Å². The maximum absolute atomic E-state index is 12.1. The molecule has 1 saturated heterocycles. The monoisotopic (exact) mass is 335 g/mol. The van der Waals surface area contributed by atoms with Crippen molar-refractivity contribution in [2.24, 2.45) is 5.92 Å². The van der Waals surface area contributed by atoms with E-state index in [0.717, 1.165) is 51.1 Å². The fourth-order valence-electron chi connectivity index (χ4n) is 3.84. The van der Waals surface area contributed by atoms with Gasteiger partial charge in [0.15, 0.2) is 0 Å². The Hall–Kier alpha value is -0.970. The number of unbranched alkanes of at least 4 members (excludes halogenated alkanes) is 1. The molecule has 0 atom stereocenters. The average Bonchev–Trinajstić information content (AvgIpc) is 3.25. The van der Waals surface area contributed by atoms with Gasteiger partial charge in [0, 0.05) is 31.8 Å². The van der Waals surface area contributed by atoms with Gasteiger partial charge in [-0.25, -0.2) is 0 Å². The largest absolute Gasteiger partial charge is 0.343 e. The SMILES string of the molecule is CCCCC(=O)N1CCC(c2nnc(CC3CCCC3)s2)CC1. The van der Waals surface area contributed by atoms with E-state index in [0.29, 0.717) is 18.2 Å². The number of amides is 1. The van der Waals surface area contributed by atoms with Crippen LogP contribution in [0.15, 0.2) is 0 Å². The predicted octanol–water partition coefficient (Wildman–Crippen LogP) is 4.17. The minimum atomic E-state index is 0.337. The Bertz CT molecular complexity index is 502. The van der Waals surface area contributed by atoms with Crippen molar-refractivity contribution in [3.8, 4) is 0 Å². The standard InChI is InChI=1S/C18H29N3OS/c1-2-3-8-17(22)21-11-9-15(10-12-21)18-20-19-16(23-18)13-14-6-4-5-7-14/h14-15H,2-13H2,1H3. The number of piperidine rings is 1. The van der Waals surface area contributed by atoms with E-state index in [-0.39, 0.29) is 0 Å². The van der Waals surface area contributed by atoms with Crippen LogP contribution in [0.2, 0.25) is 0 Å². The van der Waals surface area contributed by atoms with Crippen molar-refractivity contribution in [2.45, 2.75) is 77.0 Å². The number of rotatable bonds is 6. The second-order valence-electron chi connectivity index (χ2n) is 7.15. The van der Waals surface area contributed by atoms with Crippen molar-refractivity contribution in [2.75, 3.05) is 13.1 Å². The first-order chi connectivity index (χ1) is 11.3. The van der Waals surface area contributed by atoms with Crippen LogP contribution in [-0.4, -0.2) is 34.1 Å². The molecule has 4 nitrogen and oxygen atoms in total. The third-order valence-corrected chi connectivity index (χ3v) is 6.47. The summed E-state index contributed by atoms with van der Waals surface area (Å²) in [5.74, 6) is 1.69. The van der Waals surface area contributed by atoms with Gasteiger partial charge in [-0.1, -0.05) is 39.0 Å². The Morgan fingerprint density at radius 1 is 1.17 bits per heavy atom. The van der Waals surface area contributed by atoms with Crippen molar-refractivity contribution in [3.63, 3.8) is 0 Å². The molecule has 1 saturated carbocycles. The summed E-state index contributed by atoms with van der Waals surface area (Å²) in [4.78, 5) is 14.1. The lowest BCUT2D eigenvalue weighted by molar-refractivity contribution is -0.132. The van der Waals surface area contributed by atoms with Gasteiger partial charge >= 0.3 is 0 Å². The van der Waals surface area contributed by atoms with Crippen LogP contribution in [0.5, 0.6) is 0 Å². The quantitative estimate of drug-likeness (QED) is 0.784. The molecule has 0 radical (unpaired) electrons. The van der Waals surface area contributed by atoms with E-state index in [2.05, 4.69) is 17.1 Å². The van der Waals surface area contributed by atoms with Crippen LogP contribution in [-0.2, 0) is 11.2 Å². The van der Waals surface area contributed by atoms with E-state index >= 15 is 0 Å². The van der Waals surface area contributed by atoms with Crippen LogP contribution in [0, 0.1) is 5.92 Å². The summed E-state index contributed by atoms with van der Waals surface area (Å²) in [6, 6.07) is 0. The molecular weight excluding hydrogens is 306 g/mol. The lowest BCUT2D eigenvalue weighted by Gasteiger charge is -2.31. The summed E-state index contributed by atoms with van der Waals surface area (Å²) >= 11 is 1.82. The molecule has 1 aromatic heterocycles. The number of likely N-dealkylation sites (tertiary alicyclic amines) is 1. The highest BCUT2D eigenvalue weighted by Crippen LogP contribution is 2.33. The molecular formula is C18H29N3OS. The second-order valence-corrected chi connectivity index (χ2v) is 8.24. The molecule has 1 aliphatic carbocycles. The van der Waals surface area contributed by atoms with Gasteiger partial charge in [-0.2, -0.15) is 0 Å². The lowest BCUT2D eigenvalue weighted by atomic mass is 9.97. The Balaban J connectivity index is 1.47. The summed E-state index contributed by atoms with van der Waals surface area (Å²) < 4.78 is 0. The van der Waals surface area contributed by atoms with Crippen LogP contribution in [0.25, 0.3) is 0 Å². The van der Waals surface area contributed by atoms with Gasteiger partial charge in [0.25, 0.3) is 0 Å². The van der Waals surface area contributed by atoms with Gasteiger partial charge in [-0.05, 0) is 25.2 Å². The van der Waals surface area contributed by atoms with Crippen LogP contribution in [0.3, 0.4) is 0 Å². The number of nitrogens with zero attached hydrogens (tertiary/aromatic N) is 3. The number of carbonyl (C=O) groups excluding carboxylic acids is 1. The normalized spacial score (nSPS) is 20.3. The Morgan fingerprint density at radius 3 is 2.61 bits per heavy atom. The summed E-state index contributed by atoms with van der Waals surface area (Å²) in [6.07, 6.45) is 11.6. The summed E-state index contributed by atoms with van der Waals surface area (Å²) in [6.45, 7) is 3.92. The number of aromatic nitrogens is 2. The summed E-state index contributed by atoms with van der Waals surface area (Å²) in [5.41, 5.74) is 0. The molecule has 23 heavy (non-hydrogen) atoms. The van der Waals surface area contributed by atoms with Crippen molar-refractivity contribution in [1.82, 2.24) is 15.1 Å². The Kier molecular flexibility index (Phi) is 6.03. The molecule has 2 aliphatic rings. The van der Waals surface area contributed by atoms with Gasteiger partial charge in [0.2, 0.25) is 5.91 Å². The first kappa shape index (κ1) is 16.9. The van der Waals surface area contributed by atoms with Gasteiger partial charge in [0.1, 0.15) is 10.0 Å². The maximum Gasteiger partial charge on any atom is 0.222 e. The number of carbonyl (C=O) groups is 1. The van der Waals surface area contributed by atoms with Crippen LogP contribution in [0.1, 0.15) is 80.6 Å². The first-order valence-electron chi connectivity index (χ1n) is 9.36. The van der Waals surface area contributed by atoms with Crippen molar-refractivity contribution in [1.29, 1.82) is 0 Å². The van der Waals surface area contributed by atoms with E-state index < -0.39 is 0 Å². The second kappa shape index (κ2) is 8.22. The molecule has 0 aromatic carbocycles. The zero-order valence-corrected chi connectivity index (χ0v) is 15.1. The molecule has 0 bridgehead atoms. The van der Waals surface area contributed by atoms with Gasteiger partial charge < -0.3 is 4.90 Å². The molecule has 3 rings (SSSR count). The minimum Gasteiger partial charge on any atom is -0.343 e. The molecule has 0 spiro atoms. The van der Waals surface area contributed by atoms with Crippen LogP contribution >= 0.6 is 11.3 Å². The Morgan fingerprint density at radius 2 is 1.91 bits per heavy atom. The first-order valence-corrected chi connectivity index (χ1v) is 10.2. The van der Waals surface area contributed by atoms with Crippen molar-refractivity contribution < 1.29 is 4.79 Å². The molecule has 0 N–H and O–H groups in total. The van der Waals surface area contributed by atoms with Gasteiger partial charge in [-0.3, -0.25) is 4.79 Å². The van der Waals surface area contributed by atoms with Gasteiger partial charge in [0.05, 0.1) is 0 Å². The van der Waals surface area contributed by atoms with Crippen molar-refractivity contribution >= 4 is 17.2 Å². The molecule has 1 aliphatic heterocycles. The third kappa shape index (κ3) is 4.52. The van der Waals surface area contributed by atoms with E-state index in [9.17, 15) is 4.79 Å². The fourth-order valence-corrected chi connectivity index (χ4v) is 4.96. The molecule has 5 heteroatoms. The van der Waals surface area contributed by atoms with Crippen LogP contribution in [0.4, 0.5) is 0 Å². The summed E-state index contributed by atoms with van der Waals surface area (Å²) in [7, 11) is 0. The highest BCUT2D eigenvalue weighted by atomic mass is 32.1. The topological polar surface area (TPSA) is 46.1 Å². The third-order valence-electron chi connectivity index (χ3n) is 5.36. The lowest BCUT2D eigenvalue weighted by Crippen LogP contribution is -2.37. The number of hydrogen-bond acceptors (Lipinski definition) is 4. The molecule has 1 aromatic rings. The van der Waals surface area contributed by atoms with Crippen molar-refractivity contribution in [3.05, 3.63) is 10.0 Å². The molecule has 128 valence electrons. The molecule has 2 heterocycles. The van der Waals surface area contributed by atoms with Crippen LogP contribution < -0.4 is 0 Å². The zero-order chi connectivity index (χ0) is 16.1. The highest BCUT2D eigenvalue weighted by molar-refractivity contribution is 7.11. The highest BCUT2D eigenvalue weighted by Gasteiger charge is 2.26. The zero-order valence-electron chi connectivity index (χ0n) is 14.3. The smallest absolute Gasteiger partial charge is 0.222 e. The van der Waals surface area contributed by atoms with E-state index in [1.807, 2.05) is 16.2 Å². The average molecular weight is 336 g/mol. The molecule has 0 unspecified atom stereocenters. The van der Waals surface area contributed by atoms with E-state index in [4.69, 9.17) is 0 Å². The Labute approximate surface area is 143 Å². The minimum absolute atomic E-state index is 0.337. The maximum atomic E-state index is 12.1. The fraction of sp³-hybridized carbons (Fsp3) is 0.833. The number of hydrogen-bond donors (Lipinski definition) is 0. The predicted molar refractivity (Wildman–Crippen MR) is 93.7 cm³/mol. The van der Waals surface area contributed by atoms with E-state index in [1.165, 1.54) is 35.7 Å². The summed E-state index contributed by atoms with van der Waals surface area (Å²) in [5, 5.41) is 11.3. The molecule has 1 amide bonds. The molecule has 2 fully saturated rings. The van der Waals surface area contributed by atoms with Gasteiger partial charge in [-0.15, -0.1) is 21.5 Å².